The highest BCUT2D eigenvalue weighted by Gasteiger charge is 2.27. The first kappa shape index (κ1) is 22.7. The summed E-state index contributed by atoms with van der Waals surface area (Å²) in [5.41, 5.74) is 3.03. The number of aliphatic hydroxyl groups excluding tert-OH is 1. The van der Waals surface area contributed by atoms with Gasteiger partial charge in [0, 0.05) is 55.7 Å². The van der Waals surface area contributed by atoms with E-state index in [9.17, 15) is 23.1 Å². The number of aromatic nitrogens is 3. The number of aliphatic hydroxyl groups is 1. The fourth-order valence-corrected chi connectivity index (χ4v) is 3.36. The molecule has 0 amide bonds. The highest BCUT2D eigenvalue weighted by atomic mass is 19.3. The topological polar surface area (TPSA) is 68.0 Å². The van der Waals surface area contributed by atoms with Gasteiger partial charge < -0.3 is 9.67 Å². The lowest BCUT2D eigenvalue weighted by Crippen LogP contribution is -2.22. The van der Waals surface area contributed by atoms with Crippen LogP contribution < -0.4 is 0 Å². The van der Waals surface area contributed by atoms with Gasteiger partial charge in [0.25, 0.3) is 6.43 Å². The molecule has 0 radical (unpaired) electrons. The Kier molecular flexibility index (Phi) is 7.57. The summed E-state index contributed by atoms with van der Waals surface area (Å²) in [6.07, 6.45) is 1.75. The lowest BCUT2D eigenvalue weighted by atomic mass is 9.91. The number of alkyl halides is 3. The van der Waals surface area contributed by atoms with E-state index in [1.165, 1.54) is 0 Å². The number of carbonyl (C=O) groups is 1. The second kappa shape index (κ2) is 10.3. The van der Waals surface area contributed by atoms with E-state index in [0.717, 1.165) is 35.5 Å². The number of aryl methyl sites for hydroxylation is 3. The molecule has 1 N–H and O–H groups in total. The summed E-state index contributed by atoms with van der Waals surface area (Å²) in [7, 11) is 1.95. The van der Waals surface area contributed by atoms with Gasteiger partial charge in [-0.1, -0.05) is 30.3 Å². The highest BCUT2D eigenvalue weighted by Crippen LogP contribution is 2.28. The number of ketones is 1. The van der Waals surface area contributed by atoms with Gasteiger partial charge >= 0.3 is 0 Å². The number of Topliss-reactive ketones (excluding diaryl/α,β-unsaturated/α-hetero) is 1. The maximum Gasteiger partial charge on any atom is 0.295 e. The summed E-state index contributed by atoms with van der Waals surface area (Å²) in [5, 5.41) is 10.3. The van der Waals surface area contributed by atoms with Gasteiger partial charge in [0.2, 0.25) is 0 Å². The zero-order valence-corrected chi connectivity index (χ0v) is 17.1. The fourth-order valence-electron chi connectivity index (χ4n) is 3.36. The molecule has 31 heavy (non-hydrogen) atoms. The van der Waals surface area contributed by atoms with Crippen LogP contribution in [0.2, 0.25) is 0 Å². The number of hydrogen-bond acceptors (Lipinski definition) is 4. The third-order valence-corrected chi connectivity index (χ3v) is 5.29. The van der Waals surface area contributed by atoms with E-state index in [1.54, 1.807) is 36.7 Å². The molecule has 0 aliphatic carbocycles. The number of benzene rings is 1. The average Bonchev–Trinajstić information content (AvgIpc) is 3.20. The van der Waals surface area contributed by atoms with Crippen molar-refractivity contribution in [2.45, 2.75) is 31.8 Å². The Morgan fingerprint density at radius 1 is 1.06 bits per heavy atom. The molecule has 5 nitrogen and oxygen atoms in total. The second-order valence-electron chi connectivity index (χ2n) is 7.44. The fraction of sp³-hybridized carbons (Fsp3) is 0.348. The molecule has 164 valence electrons. The molecule has 0 saturated heterocycles. The van der Waals surface area contributed by atoms with E-state index in [0.29, 0.717) is 5.56 Å². The van der Waals surface area contributed by atoms with Gasteiger partial charge in [0.05, 0.1) is 12.8 Å². The smallest absolute Gasteiger partial charge is 0.295 e. The maximum absolute atomic E-state index is 13.2. The summed E-state index contributed by atoms with van der Waals surface area (Å²) in [6, 6.07) is 10.6. The number of halogens is 3. The molecular weight excluding hydrogens is 407 g/mol. The van der Waals surface area contributed by atoms with Crippen molar-refractivity contribution in [3.05, 3.63) is 72.1 Å². The van der Waals surface area contributed by atoms with Crippen molar-refractivity contribution in [1.29, 1.82) is 0 Å². The van der Waals surface area contributed by atoms with Gasteiger partial charge in [-0.25, -0.2) is 13.8 Å². The molecule has 0 aliphatic heterocycles. The molecule has 0 fully saturated rings. The lowest BCUT2D eigenvalue weighted by molar-refractivity contribution is -0.131. The normalized spacial score (nSPS) is 13.4. The van der Waals surface area contributed by atoms with Crippen LogP contribution in [0, 0.1) is 5.92 Å². The van der Waals surface area contributed by atoms with E-state index in [4.69, 9.17) is 0 Å². The molecule has 3 aromatic rings. The third kappa shape index (κ3) is 5.79. The minimum atomic E-state index is -3.16. The average molecular weight is 431 g/mol. The first-order chi connectivity index (χ1) is 14.9. The van der Waals surface area contributed by atoms with Crippen LogP contribution in [0.15, 0.2) is 55.0 Å². The number of carbonyl (C=O) groups excluding carboxylic acids is 1. The lowest BCUT2D eigenvalue weighted by Gasteiger charge is -2.20. The molecule has 0 unspecified atom stereocenters. The Bertz CT molecular complexity index is 988. The summed E-state index contributed by atoms with van der Waals surface area (Å²) in [4.78, 5) is 20.0. The summed E-state index contributed by atoms with van der Waals surface area (Å²) < 4.78 is 40.0. The van der Waals surface area contributed by atoms with Crippen molar-refractivity contribution in [3.8, 4) is 11.1 Å². The van der Waals surface area contributed by atoms with Crippen LogP contribution in [0.3, 0.4) is 0 Å². The highest BCUT2D eigenvalue weighted by molar-refractivity contribution is 5.81. The molecule has 1 aromatic carbocycles. The molecule has 0 bridgehead atoms. The third-order valence-electron chi connectivity index (χ3n) is 5.29. The Hall–Kier alpha value is -3.00. The first-order valence-electron chi connectivity index (χ1n) is 9.95. The predicted octanol–water partition coefficient (Wildman–Crippen LogP) is 4.11. The SMILES string of the molecule is Cn1ccnc1CCc1ccc(-c2ccc([C@@H](O)[C@@H](CF)CC(=O)C(F)F)cc2)cn1. The minimum Gasteiger partial charge on any atom is -0.388 e. The molecule has 2 heterocycles. The number of rotatable bonds is 10. The van der Waals surface area contributed by atoms with Crippen LogP contribution in [0.25, 0.3) is 11.1 Å². The van der Waals surface area contributed by atoms with Crippen molar-refractivity contribution in [2.24, 2.45) is 13.0 Å². The predicted molar refractivity (Wildman–Crippen MR) is 110 cm³/mol. The number of nitrogens with zero attached hydrogens (tertiary/aromatic N) is 3. The van der Waals surface area contributed by atoms with Crippen molar-refractivity contribution in [1.82, 2.24) is 14.5 Å². The van der Waals surface area contributed by atoms with Gasteiger partial charge in [-0.15, -0.1) is 0 Å². The zero-order chi connectivity index (χ0) is 22.4. The molecule has 0 saturated carbocycles. The quantitative estimate of drug-likeness (QED) is 0.525. The van der Waals surface area contributed by atoms with Gasteiger partial charge in [0.15, 0.2) is 5.78 Å². The number of pyridine rings is 1. The van der Waals surface area contributed by atoms with Crippen LogP contribution in [-0.2, 0) is 24.7 Å². The van der Waals surface area contributed by atoms with Crippen molar-refractivity contribution in [3.63, 3.8) is 0 Å². The van der Waals surface area contributed by atoms with Crippen molar-refractivity contribution >= 4 is 5.78 Å². The molecule has 0 aliphatic rings. The molecule has 8 heteroatoms. The van der Waals surface area contributed by atoms with Crippen LogP contribution in [-0.4, -0.2) is 38.5 Å². The van der Waals surface area contributed by atoms with Crippen molar-refractivity contribution < 1.29 is 23.1 Å². The van der Waals surface area contributed by atoms with E-state index in [-0.39, 0.29) is 0 Å². The Balaban J connectivity index is 1.63. The molecular formula is C23H24F3N3O2. The standard InChI is InChI=1S/C23H24F3N3O2/c1-29-11-10-27-21(29)9-8-19-7-6-17(14-28-19)15-2-4-16(5-3-15)22(31)18(13-24)12-20(30)23(25)26/h2-7,10-11,14,18,22-23,31H,8-9,12-13H2,1H3/t18-,22-/m1/s1. The second-order valence-corrected chi connectivity index (χ2v) is 7.44. The van der Waals surface area contributed by atoms with Gasteiger partial charge in [-0.2, -0.15) is 0 Å². The number of imidazole rings is 1. The summed E-state index contributed by atoms with van der Waals surface area (Å²) in [6.45, 7) is -1.06. The van der Waals surface area contributed by atoms with E-state index >= 15 is 0 Å². The molecule has 0 spiro atoms. The van der Waals surface area contributed by atoms with Gasteiger partial charge in [-0.3, -0.25) is 14.2 Å². The van der Waals surface area contributed by atoms with Crippen LogP contribution in [0.4, 0.5) is 13.2 Å². The zero-order valence-electron chi connectivity index (χ0n) is 17.1. The van der Waals surface area contributed by atoms with Crippen molar-refractivity contribution in [2.75, 3.05) is 6.67 Å². The summed E-state index contributed by atoms with van der Waals surface area (Å²) in [5.74, 6) is -1.58. The number of hydrogen-bond donors (Lipinski definition) is 1. The van der Waals surface area contributed by atoms with Gasteiger partial charge in [0.1, 0.15) is 5.82 Å². The van der Waals surface area contributed by atoms with Crippen LogP contribution in [0.1, 0.15) is 29.6 Å². The Morgan fingerprint density at radius 2 is 1.77 bits per heavy atom. The van der Waals surface area contributed by atoms with E-state index in [2.05, 4.69) is 9.97 Å². The largest absolute Gasteiger partial charge is 0.388 e. The van der Waals surface area contributed by atoms with E-state index < -0.39 is 37.3 Å². The maximum atomic E-state index is 13.2. The molecule has 2 atom stereocenters. The Labute approximate surface area is 178 Å². The first-order valence-corrected chi connectivity index (χ1v) is 9.95. The van der Waals surface area contributed by atoms with Crippen LogP contribution >= 0.6 is 0 Å². The van der Waals surface area contributed by atoms with E-state index in [1.807, 2.05) is 29.9 Å². The summed E-state index contributed by atoms with van der Waals surface area (Å²) >= 11 is 0. The molecule has 2 aromatic heterocycles. The molecule has 3 rings (SSSR count). The Morgan fingerprint density at radius 3 is 2.32 bits per heavy atom. The van der Waals surface area contributed by atoms with Crippen LogP contribution in [0.5, 0.6) is 0 Å². The monoisotopic (exact) mass is 431 g/mol. The van der Waals surface area contributed by atoms with Gasteiger partial charge in [-0.05, 0) is 23.6 Å². The minimum absolute atomic E-state index is 0.369.